The SMILES string of the molecule is COc1cc(OC)c2c(c1Cl)O[C@]1(C2=O)C(NCc2ccc(O)cc2)=CC(=O)C[C@H]1C. The number of methoxy groups -OCH3 is 2. The summed E-state index contributed by atoms with van der Waals surface area (Å²) in [4.78, 5) is 26.1. The molecule has 1 aliphatic heterocycles. The standard InChI is InChI=1S/C23H22ClNO6/c1-12-8-15(27)9-18(25-11-13-4-6-14(26)7-5-13)23(12)22(28)19-16(29-2)10-17(30-3)20(24)21(19)31-23/h4-7,9-10,12,25-26H,8,11H2,1-3H3/t12-,23+/m1/s1. The molecule has 0 radical (unpaired) electrons. The molecule has 2 aromatic rings. The van der Waals surface area contributed by atoms with Gasteiger partial charge in [-0.2, -0.15) is 0 Å². The number of benzene rings is 2. The van der Waals surface area contributed by atoms with Crippen molar-refractivity contribution in [3.63, 3.8) is 0 Å². The predicted octanol–water partition coefficient (Wildman–Crippen LogP) is 3.66. The maximum Gasteiger partial charge on any atom is 0.220 e. The average Bonchev–Trinajstić information content (AvgIpc) is 3.06. The Balaban J connectivity index is 1.77. The van der Waals surface area contributed by atoms with Crippen molar-refractivity contribution in [2.24, 2.45) is 5.92 Å². The molecular formula is C23H22ClNO6. The Bertz CT molecular complexity index is 1090. The molecule has 1 spiro atoms. The van der Waals surface area contributed by atoms with E-state index < -0.39 is 11.5 Å². The van der Waals surface area contributed by atoms with Crippen molar-refractivity contribution in [2.75, 3.05) is 14.2 Å². The fourth-order valence-electron chi connectivity index (χ4n) is 4.13. The van der Waals surface area contributed by atoms with E-state index in [2.05, 4.69) is 5.32 Å². The molecule has 31 heavy (non-hydrogen) atoms. The molecule has 2 atom stereocenters. The van der Waals surface area contributed by atoms with Gasteiger partial charge in [0.15, 0.2) is 11.5 Å². The smallest absolute Gasteiger partial charge is 0.220 e. The van der Waals surface area contributed by atoms with Gasteiger partial charge in [0.1, 0.15) is 27.8 Å². The van der Waals surface area contributed by atoms with Crippen molar-refractivity contribution >= 4 is 23.2 Å². The second-order valence-electron chi connectivity index (χ2n) is 7.62. The molecule has 8 heteroatoms. The summed E-state index contributed by atoms with van der Waals surface area (Å²) in [5.74, 6) is 0.0776. The van der Waals surface area contributed by atoms with E-state index in [0.717, 1.165) is 5.56 Å². The van der Waals surface area contributed by atoms with Crippen LogP contribution in [0.4, 0.5) is 0 Å². The molecule has 0 saturated heterocycles. The Morgan fingerprint density at radius 1 is 1.19 bits per heavy atom. The molecule has 0 amide bonds. The molecule has 4 rings (SSSR count). The number of hydrogen-bond donors (Lipinski definition) is 2. The zero-order chi connectivity index (χ0) is 22.3. The molecule has 2 N–H and O–H groups in total. The Hall–Kier alpha value is -3.19. The maximum atomic E-state index is 13.8. The summed E-state index contributed by atoms with van der Waals surface area (Å²) in [6.45, 7) is 2.13. The normalized spacial score (nSPS) is 22.1. The van der Waals surface area contributed by atoms with Crippen LogP contribution < -0.4 is 19.5 Å². The fourth-order valence-corrected chi connectivity index (χ4v) is 4.40. The Morgan fingerprint density at radius 2 is 1.87 bits per heavy atom. The first-order chi connectivity index (χ1) is 14.8. The van der Waals surface area contributed by atoms with Gasteiger partial charge in [-0.05, 0) is 17.7 Å². The third-order valence-electron chi connectivity index (χ3n) is 5.74. The lowest BCUT2D eigenvalue weighted by Crippen LogP contribution is -2.54. The number of fused-ring (bicyclic) bond motifs is 1. The summed E-state index contributed by atoms with van der Waals surface area (Å²) < 4.78 is 17.0. The van der Waals surface area contributed by atoms with Gasteiger partial charge in [0.05, 0.1) is 19.9 Å². The average molecular weight is 444 g/mol. The number of allylic oxidation sites excluding steroid dienone is 1. The Labute approximate surface area is 184 Å². The van der Waals surface area contributed by atoms with Crippen molar-refractivity contribution < 1.29 is 28.9 Å². The van der Waals surface area contributed by atoms with E-state index in [9.17, 15) is 14.7 Å². The molecule has 2 aliphatic rings. The second-order valence-corrected chi connectivity index (χ2v) is 7.99. The van der Waals surface area contributed by atoms with Crippen LogP contribution in [-0.2, 0) is 11.3 Å². The van der Waals surface area contributed by atoms with E-state index in [0.29, 0.717) is 23.7 Å². The fraction of sp³-hybridized carbons (Fsp3) is 0.304. The molecule has 1 heterocycles. The lowest BCUT2D eigenvalue weighted by atomic mass is 9.74. The Morgan fingerprint density at radius 3 is 2.52 bits per heavy atom. The summed E-state index contributed by atoms with van der Waals surface area (Å²) in [6.07, 6.45) is 1.57. The van der Waals surface area contributed by atoms with E-state index in [1.807, 2.05) is 0 Å². The summed E-state index contributed by atoms with van der Waals surface area (Å²) >= 11 is 6.47. The number of nitrogens with one attached hydrogen (secondary N) is 1. The van der Waals surface area contributed by atoms with E-state index in [1.165, 1.54) is 20.3 Å². The number of Topliss-reactive ketones (excluding diaryl/α,β-unsaturated/α-hetero) is 1. The number of ketones is 2. The van der Waals surface area contributed by atoms with Gasteiger partial charge in [0, 0.05) is 31.0 Å². The van der Waals surface area contributed by atoms with Gasteiger partial charge in [0.25, 0.3) is 0 Å². The van der Waals surface area contributed by atoms with Gasteiger partial charge in [-0.1, -0.05) is 30.7 Å². The topological polar surface area (TPSA) is 94.1 Å². The van der Waals surface area contributed by atoms with Crippen LogP contribution in [0.5, 0.6) is 23.0 Å². The number of ether oxygens (including phenoxy) is 3. The maximum absolute atomic E-state index is 13.8. The van der Waals surface area contributed by atoms with Crippen LogP contribution in [0.1, 0.15) is 29.3 Å². The summed E-state index contributed by atoms with van der Waals surface area (Å²) in [5.41, 5.74) is 0.0189. The molecule has 0 fully saturated rings. The minimum atomic E-state index is -1.43. The van der Waals surface area contributed by atoms with E-state index in [1.54, 1.807) is 37.3 Å². The van der Waals surface area contributed by atoms with Crippen LogP contribution in [0.15, 0.2) is 42.1 Å². The largest absolute Gasteiger partial charge is 0.508 e. The molecule has 0 saturated carbocycles. The highest BCUT2D eigenvalue weighted by Gasteiger charge is 2.58. The first-order valence-corrected chi connectivity index (χ1v) is 10.1. The number of halogens is 1. The quantitative estimate of drug-likeness (QED) is 0.728. The Kier molecular flexibility index (Phi) is 5.31. The number of rotatable bonds is 5. The van der Waals surface area contributed by atoms with Crippen molar-refractivity contribution in [3.8, 4) is 23.0 Å². The summed E-state index contributed by atoms with van der Waals surface area (Å²) in [7, 11) is 2.92. The van der Waals surface area contributed by atoms with Crippen LogP contribution >= 0.6 is 11.6 Å². The number of carbonyl (C=O) groups is 2. The monoisotopic (exact) mass is 443 g/mol. The van der Waals surface area contributed by atoms with Crippen molar-refractivity contribution in [2.45, 2.75) is 25.5 Å². The summed E-state index contributed by atoms with van der Waals surface area (Å²) in [5, 5.41) is 12.9. The van der Waals surface area contributed by atoms with Crippen LogP contribution in [0.3, 0.4) is 0 Å². The van der Waals surface area contributed by atoms with Crippen molar-refractivity contribution in [1.82, 2.24) is 5.32 Å². The number of aromatic hydroxyl groups is 1. The molecule has 0 aromatic heterocycles. The van der Waals surface area contributed by atoms with Gasteiger partial charge < -0.3 is 24.6 Å². The number of phenolic OH excluding ortho intramolecular Hbond substituents is 1. The van der Waals surface area contributed by atoms with Gasteiger partial charge >= 0.3 is 0 Å². The van der Waals surface area contributed by atoms with E-state index in [4.69, 9.17) is 25.8 Å². The lowest BCUT2D eigenvalue weighted by molar-refractivity contribution is -0.117. The highest BCUT2D eigenvalue weighted by Crippen LogP contribution is 2.54. The van der Waals surface area contributed by atoms with Crippen LogP contribution in [0.2, 0.25) is 5.02 Å². The molecule has 1 aliphatic carbocycles. The molecule has 162 valence electrons. The van der Waals surface area contributed by atoms with Gasteiger partial charge in [0.2, 0.25) is 11.4 Å². The zero-order valence-electron chi connectivity index (χ0n) is 17.3. The predicted molar refractivity (Wildman–Crippen MR) is 114 cm³/mol. The van der Waals surface area contributed by atoms with E-state index >= 15 is 0 Å². The molecule has 0 bridgehead atoms. The highest BCUT2D eigenvalue weighted by atomic mass is 35.5. The van der Waals surface area contributed by atoms with E-state index in [-0.39, 0.29) is 40.1 Å². The third kappa shape index (κ3) is 3.29. The molecule has 0 unspecified atom stereocenters. The van der Waals surface area contributed by atoms with Crippen LogP contribution in [0, 0.1) is 5.92 Å². The van der Waals surface area contributed by atoms with Crippen LogP contribution in [0.25, 0.3) is 0 Å². The van der Waals surface area contributed by atoms with Crippen LogP contribution in [-0.4, -0.2) is 36.5 Å². The van der Waals surface area contributed by atoms with Crippen molar-refractivity contribution in [1.29, 1.82) is 0 Å². The van der Waals surface area contributed by atoms with Gasteiger partial charge in [-0.15, -0.1) is 0 Å². The third-order valence-corrected chi connectivity index (χ3v) is 6.10. The zero-order valence-corrected chi connectivity index (χ0v) is 18.1. The number of hydrogen-bond acceptors (Lipinski definition) is 7. The minimum Gasteiger partial charge on any atom is -0.508 e. The number of phenols is 1. The minimum absolute atomic E-state index is 0.102. The number of carbonyl (C=O) groups excluding carboxylic acids is 2. The first kappa shape index (κ1) is 21.1. The van der Waals surface area contributed by atoms with Gasteiger partial charge in [-0.25, -0.2) is 0 Å². The van der Waals surface area contributed by atoms with Crippen molar-refractivity contribution in [3.05, 3.63) is 58.3 Å². The second kappa shape index (κ2) is 7.81. The molecule has 7 nitrogen and oxygen atoms in total. The highest BCUT2D eigenvalue weighted by molar-refractivity contribution is 6.35. The summed E-state index contributed by atoms with van der Waals surface area (Å²) in [6, 6.07) is 8.19. The molecule has 2 aromatic carbocycles. The van der Waals surface area contributed by atoms with Gasteiger partial charge in [-0.3, -0.25) is 9.59 Å². The molecular weight excluding hydrogens is 422 g/mol. The lowest BCUT2D eigenvalue weighted by Gasteiger charge is -2.38. The first-order valence-electron chi connectivity index (χ1n) is 9.76.